The fourth-order valence-electron chi connectivity index (χ4n) is 3.03. The molecule has 0 saturated carbocycles. The van der Waals surface area contributed by atoms with Gasteiger partial charge in [0.15, 0.2) is 12.4 Å². The molecule has 1 atom stereocenters. The number of ether oxygens (including phenoxy) is 3. The summed E-state index contributed by atoms with van der Waals surface area (Å²) in [6, 6.07) is 13.7. The smallest absolute Gasteiger partial charge is 0.311 e. The molecule has 28 heavy (non-hydrogen) atoms. The second kappa shape index (κ2) is 8.56. The van der Waals surface area contributed by atoms with Crippen LogP contribution in [0.2, 0.25) is 0 Å². The molecule has 1 fully saturated rings. The summed E-state index contributed by atoms with van der Waals surface area (Å²) in [5.74, 6) is -0.505. The molecule has 0 spiro atoms. The van der Waals surface area contributed by atoms with Crippen LogP contribution in [-0.2, 0) is 14.3 Å². The van der Waals surface area contributed by atoms with E-state index in [1.807, 2.05) is 0 Å². The van der Waals surface area contributed by atoms with Gasteiger partial charge in [0.1, 0.15) is 11.5 Å². The molecule has 1 aliphatic rings. The average molecular weight is 383 g/mol. The standard InChI is InChI=1S/C21H21NO6/c1-26-17-7-3-5-14(9-17)19(23)13-28-21(25)15-10-20(24)22(12-15)16-6-4-8-18(11-16)27-2/h3-9,11,15H,10,12-13H2,1-2H3. The first-order valence-electron chi connectivity index (χ1n) is 8.80. The minimum Gasteiger partial charge on any atom is -0.497 e. The molecule has 0 aromatic heterocycles. The first-order valence-corrected chi connectivity index (χ1v) is 8.80. The summed E-state index contributed by atoms with van der Waals surface area (Å²) in [5.41, 5.74) is 1.06. The molecule has 1 saturated heterocycles. The van der Waals surface area contributed by atoms with E-state index in [1.165, 1.54) is 12.0 Å². The number of hydrogen-bond donors (Lipinski definition) is 0. The van der Waals surface area contributed by atoms with E-state index in [0.717, 1.165) is 0 Å². The van der Waals surface area contributed by atoms with Crippen molar-refractivity contribution in [1.82, 2.24) is 0 Å². The Kier molecular flexibility index (Phi) is 5.93. The van der Waals surface area contributed by atoms with Crippen molar-refractivity contribution >= 4 is 23.3 Å². The number of methoxy groups -OCH3 is 2. The van der Waals surface area contributed by atoms with Crippen LogP contribution in [0.1, 0.15) is 16.8 Å². The highest BCUT2D eigenvalue weighted by atomic mass is 16.5. The highest BCUT2D eigenvalue weighted by Crippen LogP contribution is 2.28. The molecule has 146 valence electrons. The second-order valence-corrected chi connectivity index (χ2v) is 6.37. The maximum absolute atomic E-state index is 12.3. The molecule has 3 rings (SSSR count). The van der Waals surface area contributed by atoms with Crippen molar-refractivity contribution < 1.29 is 28.6 Å². The Balaban J connectivity index is 1.59. The van der Waals surface area contributed by atoms with Gasteiger partial charge in [0.05, 0.1) is 20.1 Å². The first-order chi connectivity index (χ1) is 13.5. The van der Waals surface area contributed by atoms with Crippen LogP contribution in [0.25, 0.3) is 0 Å². The first kappa shape index (κ1) is 19.4. The number of carbonyl (C=O) groups excluding carboxylic acids is 3. The van der Waals surface area contributed by atoms with Crippen LogP contribution in [0.5, 0.6) is 11.5 Å². The third-order valence-corrected chi connectivity index (χ3v) is 4.56. The van der Waals surface area contributed by atoms with Gasteiger partial charge in [-0.15, -0.1) is 0 Å². The van der Waals surface area contributed by atoms with Crippen LogP contribution >= 0.6 is 0 Å². The van der Waals surface area contributed by atoms with Crippen molar-refractivity contribution in [3.8, 4) is 11.5 Å². The Labute approximate surface area is 162 Å². The minimum atomic E-state index is -0.614. The molecule has 0 radical (unpaired) electrons. The number of anilines is 1. The predicted octanol–water partition coefficient (Wildman–Crippen LogP) is 2.48. The van der Waals surface area contributed by atoms with E-state index in [4.69, 9.17) is 14.2 Å². The quantitative estimate of drug-likeness (QED) is 0.540. The van der Waals surface area contributed by atoms with E-state index in [2.05, 4.69) is 0 Å². The third kappa shape index (κ3) is 4.31. The summed E-state index contributed by atoms with van der Waals surface area (Å²) in [6.07, 6.45) is 0.0450. The van der Waals surface area contributed by atoms with Crippen LogP contribution in [0.15, 0.2) is 48.5 Å². The summed E-state index contributed by atoms with van der Waals surface area (Å²) in [6.45, 7) is -0.173. The van der Waals surface area contributed by atoms with Crippen molar-refractivity contribution in [3.05, 3.63) is 54.1 Å². The van der Waals surface area contributed by atoms with E-state index >= 15 is 0 Å². The Hall–Kier alpha value is -3.35. The highest BCUT2D eigenvalue weighted by molar-refractivity contribution is 6.01. The van der Waals surface area contributed by atoms with Gasteiger partial charge in [-0.2, -0.15) is 0 Å². The number of amides is 1. The number of hydrogen-bond acceptors (Lipinski definition) is 6. The largest absolute Gasteiger partial charge is 0.497 e. The maximum atomic E-state index is 12.3. The summed E-state index contributed by atoms with van der Waals surface area (Å²) < 4.78 is 15.4. The summed E-state index contributed by atoms with van der Waals surface area (Å²) in [4.78, 5) is 38.4. The van der Waals surface area contributed by atoms with Crippen molar-refractivity contribution in [2.45, 2.75) is 6.42 Å². The lowest BCUT2D eigenvalue weighted by atomic mass is 10.1. The highest BCUT2D eigenvalue weighted by Gasteiger charge is 2.36. The van der Waals surface area contributed by atoms with Gasteiger partial charge in [-0.25, -0.2) is 0 Å². The number of esters is 1. The Bertz CT molecular complexity index is 894. The topological polar surface area (TPSA) is 82.1 Å². The Morgan fingerprint density at radius 3 is 2.43 bits per heavy atom. The van der Waals surface area contributed by atoms with Crippen LogP contribution in [0, 0.1) is 5.92 Å². The minimum absolute atomic E-state index is 0.0450. The molecule has 1 heterocycles. The maximum Gasteiger partial charge on any atom is 0.311 e. The van der Waals surface area contributed by atoms with E-state index in [0.29, 0.717) is 22.7 Å². The van der Waals surface area contributed by atoms with Gasteiger partial charge in [0, 0.05) is 30.3 Å². The van der Waals surface area contributed by atoms with Gasteiger partial charge >= 0.3 is 5.97 Å². The van der Waals surface area contributed by atoms with E-state index in [9.17, 15) is 14.4 Å². The lowest BCUT2D eigenvalue weighted by molar-refractivity contribution is -0.147. The Morgan fingerprint density at radius 1 is 1.04 bits per heavy atom. The van der Waals surface area contributed by atoms with E-state index < -0.39 is 11.9 Å². The monoisotopic (exact) mass is 383 g/mol. The SMILES string of the molecule is COc1cccc(C(=O)COC(=O)C2CC(=O)N(c3cccc(OC)c3)C2)c1. The Morgan fingerprint density at radius 2 is 1.71 bits per heavy atom. The number of nitrogens with zero attached hydrogens (tertiary/aromatic N) is 1. The zero-order valence-electron chi connectivity index (χ0n) is 15.7. The molecule has 7 nitrogen and oxygen atoms in total. The van der Waals surface area contributed by atoms with Crippen molar-refractivity contribution in [2.75, 3.05) is 32.3 Å². The van der Waals surface area contributed by atoms with Gasteiger partial charge in [-0.05, 0) is 24.3 Å². The molecular weight excluding hydrogens is 362 g/mol. The van der Waals surface area contributed by atoms with Crippen molar-refractivity contribution in [2.24, 2.45) is 5.92 Å². The molecule has 0 bridgehead atoms. The number of rotatable bonds is 7. The van der Waals surface area contributed by atoms with Crippen LogP contribution in [0.3, 0.4) is 0 Å². The van der Waals surface area contributed by atoms with Crippen molar-refractivity contribution in [3.63, 3.8) is 0 Å². The molecule has 0 aliphatic carbocycles. The van der Waals surface area contributed by atoms with Crippen LogP contribution in [0.4, 0.5) is 5.69 Å². The molecule has 0 N–H and O–H groups in total. The van der Waals surface area contributed by atoms with E-state index in [1.54, 1.807) is 55.6 Å². The number of ketones is 1. The summed E-state index contributed by atoms with van der Waals surface area (Å²) in [7, 11) is 3.05. The summed E-state index contributed by atoms with van der Waals surface area (Å²) in [5, 5.41) is 0. The summed E-state index contributed by atoms with van der Waals surface area (Å²) >= 11 is 0. The van der Waals surface area contributed by atoms with Gasteiger partial charge in [-0.3, -0.25) is 14.4 Å². The van der Waals surface area contributed by atoms with Crippen molar-refractivity contribution in [1.29, 1.82) is 0 Å². The molecule has 2 aromatic carbocycles. The van der Waals surface area contributed by atoms with Gasteiger partial charge in [-0.1, -0.05) is 18.2 Å². The van der Waals surface area contributed by atoms with Gasteiger partial charge < -0.3 is 19.1 Å². The van der Waals surface area contributed by atoms with Gasteiger partial charge in [0.2, 0.25) is 5.91 Å². The second-order valence-electron chi connectivity index (χ2n) is 6.37. The third-order valence-electron chi connectivity index (χ3n) is 4.56. The number of carbonyl (C=O) groups is 3. The molecule has 1 aliphatic heterocycles. The predicted molar refractivity (Wildman–Crippen MR) is 102 cm³/mol. The zero-order valence-corrected chi connectivity index (χ0v) is 15.7. The lowest BCUT2D eigenvalue weighted by Gasteiger charge is -2.17. The molecule has 7 heteroatoms. The lowest BCUT2D eigenvalue weighted by Crippen LogP contribution is -2.27. The molecular formula is C21H21NO6. The fraction of sp³-hybridized carbons (Fsp3) is 0.286. The number of benzene rings is 2. The zero-order chi connectivity index (χ0) is 20.1. The fourth-order valence-corrected chi connectivity index (χ4v) is 3.03. The number of Topliss-reactive ketones (excluding diaryl/α,β-unsaturated/α-hetero) is 1. The molecule has 1 unspecified atom stereocenters. The normalized spacial score (nSPS) is 16.0. The van der Waals surface area contributed by atoms with Crippen LogP contribution in [-0.4, -0.2) is 45.0 Å². The molecule has 2 aromatic rings. The van der Waals surface area contributed by atoms with E-state index in [-0.39, 0.29) is 31.3 Å². The van der Waals surface area contributed by atoms with Crippen LogP contribution < -0.4 is 14.4 Å². The average Bonchev–Trinajstić information content (AvgIpc) is 3.13. The van der Waals surface area contributed by atoms with Gasteiger partial charge in [0.25, 0.3) is 0 Å². The molecule has 1 amide bonds.